The summed E-state index contributed by atoms with van der Waals surface area (Å²) in [6.45, 7) is 5.53. The largest absolute Gasteiger partial charge is 0.457 e. The highest BCUT2D eigenvalue weighted by Crippen LogP contribution is 2.26. The Labute approximate surface area is 159 Å². The zero-order valence-electron chi connectivity index (χ0n) is 15.8. The van der Waals surface area contributed by atoms with Gasteiger partial charge in [0.25, 0.3) is 5.91 Å². The van der Waals surface area contributed by atoms with Crippen LogP contribution in [0.4, 0.5) is 18.9 Å². The number of esters is 2. The van der Waals surface area contributed by atoms with Gasteiger partial charge in [-0.15, -0.1) is 0 Å². The second-order valence-electron chi connectivity index (χ2n) is 7.07. The van der Waals surface area contributed by atoms with Crippen LogP contribution < -0.4 is 4.90 Å². The van der Waals surface area contributed by atoms with Gasteiger partial charge in [0.05, 0.1) is 6.61 Å². The molecule has 10 heteroatoms. The SMILES string of the molecule is CC(=O)OC(C(=O)OC(C)(C)C)C1OCCN(c2cc(F)c(F)c(F)c2)C1=O. The molecule has 28 heavy (non-hydrogen) atoms. The van der Waals surface area contributed by atoms with E-state index in [1.165, 1.54) is 0 Å². The molecule has 1 amide bonds. The van der Waals surface area contributed by atoms with Gasteiger partial charge in [-0.25, -0.2) is 18.0 Å². The molecule has 154 valence electrons. The number of rotatable bonds is 4. The third kappa shape index (κ3) is 5.00. The number of hydrogen-bond acceptors (Lipinski definition) is 6. The van der Waals surface area contributed by atoms with Crippen LogP contribution >= 0.6 is 0 Å². The Balaban J connectivity index is 2.33. The van der Waals surface area contributed by atoms with E-state index in [-0.39, 0.29) is 18.8 Å². The highest BCUT2D eigenvalue weighted by Gasteiger charge is 2.44. The molecule has 0 bridgehead atoms. The molecule has 2 rings (SSSR count). The molecule has 1 fully saturated rings. The number of hydrogen-bond donors (Lipinski definition) is 0. The number of halogens is 3. The van der Waals surface area contributed by atoms with Crippen molar-refractivity contribution in [1.82, 2.24) is 0 Å². The van der Waals surface area contributed by atoms with Gasteiger partial charge < -0.3 is 19.1 Å². The Morgan fingerprint density at radius 2 is 1.79 bits per heavy atom. The smallest absolute Gasteiger partial charge is 0.351 e. The fourth-order valence-electron chi connectivity index (χ4n) is 2.55. The van der Waals surface area contributed by atoms with Crippen molar-refractivity contribution in [3.63, 3.8) is 0 Å². The maximum atomic E-state index is 13.5. The van der Waals surface area contributed by atoms with Gasteiger partial charge in [0.1, 0.15) is 5.60 Å². The molecule has 1 heterocycles. The first-order valence-corrected chi connectivity index (χ1v) is 8.38. The van der Waals surface area contributed by atoms with Gasteiger partial charge in [0, 0.05) is 31.3 Å². The second kappa shape index (κ2) is 8.17. The number of morpholine rings is 1. The van der Waals surface area contributed by atoms with Gasteiger partial charge in [-0.05, 0) is 20.8 Å². The van der Waals surface area contributed by atoms with E-state index >= 15 is 0 Å². The van der Waals surface area contributed by atoms with Crippen LogP contribution in [0.1, 0.15) is 27.7 Å². The Hall–Kier alpha value is -2.62. The third-order valence-electron chi connectivity index (χ3n) is 3.61. The van der Waals surface area contributed by atoms with Gasteiger partial charge in [0.15, 0.2) is 23.6 Å². The Kier molecular flexibility index (Phi) is 6.33. The fraction of sp³-hybridized carbons (Fsp3) is 0.500. The van der Waals surface area contributed by atoms with Crippen LogP contribution in [-0.2, 0) is 28.6 Å². The van der Waals surface area contributed by atoms with Gasteiger partial charge in [-0.2, -0.15) is 0 Å². The highest BCUT2D eigenvalue weighted by molar-refractivity contribution is 6.00. The number of ether oxygens (including phenoxy) is 3. The van der Waals surface area contributed by atoms with E-state index in [4.69, 9.17) is 14.2 Å². The van der Waals surface area contributed by atoms with Crippen LogP contribution in [0.15, 0.2) is 12.1 Å². The minimum absolute atomic E-state index is 0.110. The summed E-state index contributed by atoms with van der Waals surface area (Å²) in [5.74, 6) is -7.40. The van der Waals surface area contributed by atoms with Crippen molar-refractivity contribution >= 4 is 23.5 Å². The zero-order chi connectivity index (χ0) is 21.2. The first-order chi connectivity index (χ1) is 12.9. The lowest BCUT2D eigenvalue weighted by Gasteiger charge is -2.35. The van der Waals surface area contributed by atoms with E-state index in [9.17, 15) is 27.6 Å². The van der Waals surface area contributed by atoms with Crippen LogP contribution in [-0.4, -0.2) is 48.8 Å². The summed E-state index contributed by atoms with van der Waals surface area (Å²) in [5, 5.41) is 0. The molecule has 1 aliphatic rings. The van der Waals surface area contributed by atoms with E-state index in [1.54, 1.807) is 20.8 Å². The molecule has 0 radical (unpaired) electrons. The third-order valence-corrected chi connectivity index (χ3v) is 3.61. The average Bonchev–Trinajstić information content (AvgIpc) is 2.56. The van der Waals surface area contributed by atoms with Crippen molar-refractivity contribution in [2.24, 2.45) is 0 Å². The van der Waals surface area contributed by atoms with Gasteiger partial charge in [-0.1, -0.05) is 0 Å². The van der Waals surface area contributed by atoms with Crippen molar-refractivity contribution in [2.45, 2.75) is 45.5 Å². The molecule has 1 aromatic rings. The molecule has 2 unspecified atom stereocenters. The minimum Gasteiger partial charge on any atom is -0.457 e. The Bertz CT molecular complexity index is 769. The predicted octanol–water partition coefficient (Wildman–Crippen LogP) is 2.11. The molecule has 1 aromatic carbocycles. The van der Waals surface area contributed by atoms with Crippen LogP contribution in [0, 0.1) is 17.5 Å². The maximum Gasteiger partial charge on any atom is 0.351 e. The van der Waals surface area contributed by atoms with E-state index in [0.717, 1.165) is 11.8 Å². The first-order valence-electron chi connectivity index (χ1n) is 8.38. The van der Waals surface area contributed by atoms with E-state index in [1.807, 2.05) is 0 Å². The average molecular weight is 403 g/mol. The van der Waals surface area contributed by atoms with E-state index in [0.29, 0.717) is 12.1 Å². The summed E-state index contributed by atoms with van der Waals surface area (Å²) < 4.78 is 55.6. The van der Waals surface area contributed by atoms with Crippen molar-refractivity contribution in [3.05, 3.63) is 29.6 Å². The summed E-state index contributed by atoms with van der Waals surface area (Å²) in [4.78, 5) is 37.5. The molecule has 1 aliphatic heterocycles. The van der Waals surface area contributed by atoms with Crippen LogP contribution in [0.5, 0.6) is 0 Å². The number of nitrogens with zero attached hydrogens (tertiary/aromatic N) is 1. The predicted molar refractivity (Wildman–Crippen MR) is 89.8 cm³/mol. The second-order valence-corrected chi connectivity index (χ2v) is 7.07. The molecule has 0 saturated carbocycles. The molecule has 7 nitrogen and oxygen atoms in total. The fourth-order valence-corrected chi connectivity index (χ4v) is 2.55. The zero-order valence-corrected chi connectivity index (χ0v) is 15.8. The number of carbonyl (C=O) groups is 3. The van der Waals surface area contributed by atoms with Gasteiger partial charge >= 0.3 is 11.9 Å². The normalized spacial score (nSPS) is 18.6. The minimum atomic E-state index is -1.72. The standard InChI is InChI=1S/C18H20F3NO6/c1-9(23)27-15(17(25)28-18(2,3)4)14-16(24)22(5-6-26-14)10-7-11(19)13(21)12(20)8-10/h7-8,14-15H,5-6H2,1-4H3. The number of benzene rings is 1. The highest BCUT2D eigenvalue weighted by atomic mass is 19.2. The molecule has 0 aromatic heterocycles. The summed E-state index contributed by atoms with van der Waals surface area (Å²) in [5.41, 5.74) is -1.20. The van der Waals surface area contributed by atoms with E-state index in [2.05, 4.69) is 0 Å². The van der Waals surface area contributed by atoms with Crippen molar-refractivity contribution < 1.29 is 41.8 Å². The molecule has 0 aliphatic carbocycles. The molecule has 2 atom stereocenters. The van der Waals surface area contributed by atoms with Crippen LogP contribution in [0.25, 0.3) is 0 Å². The van der Waals surface area contributed by atoms with Crippen LogP contribution in [0.2, 0.25) is 0 Å². The molecule has 0 spiro atoms. The first kappa shape index (κ1) is 21.7. The molecular formula is C18H20F3NO6. The topological polar surface area (TPSA) is 82.1 Å². The van der Waals surface area contributed by atoms with Crippen LogP contribution in [0.3, 0.4) is 0 Å². The lowest BCUT2D eigenvalue weighted by Crippen LogP contribution is -2.56. The number of amides is 1. The maximum absolute atomic E-state index is 13.5. The monoisotopic (exact) mass is 403 g/mol. The summed E-state index contributed by atoms with van der Waals surface area (Å²) in [6.07, 6.45) is -3.31. The lowest BCUT2D eigenvalue weighted by molar-refractivity contribution is -0.188. The molecular weight excluding hydrogens is 383 g/mol. The molecule has 1 saturated heterocycles. The van der Waals surface area contributed by atoms with Gasteiger partial charge in [0.2, 0.25) is 6.10 Å². The van der Waals surface area contributed by atoms with E-state index < -0.39 is 53.1 Å². The van der Waals surface area contributed by atoms with Crippen molar-refractivity contribution in [1.29, 1.82) is 0 Å². The molecule has 0 N–H and O–H groups in total. The summed E-state index contributed by atoms with van der Waals surface area (Å²) in [6, 6.07) is 1.29. The van der Waals surface area contributed by atoms with Gasteiger partial charge in [-0.3, -0.25) is 9.59 Å². The Morgan fingerprint density at radius 1 is 1.21 bits per heavy atom. The number of carbonyl (C=O) groups excluding carboxylic acids is 3. The summed E-state index contributed by atoms with van der Waals surface area (Å²) >= 11 is 0. The lowest BCUT2D eigenvalue weighted by atomic mass is 10.1. The number of anilines is 1. The Morgan fingerprint density at radius 3 is 2.29 bits per heavy atom. The van der Waals surface area contributed by atoms with Crippen molar-refractivity contribution in [2.75, 3.05) is 18.1 Å². The van der Waals surface area contributed by atoms with Crippen molar-refractivity contribution in [3.8, 4) is 0 Å². The summed E-state index contributed by atoms with van der Waals surface area (Å²) in [7, 11) is 0. The quantitative estimate of drug-likeness (QED) is 0.566.